The summed E-state index contributed by atoms with van der Waals surface area (Å²) >= 11 is 0. The molecule has 0 aliphatic carbocycles. The summed E-state index contributed by atoms with van der Waals surface area (Å²) in [4.78, 5) is 13.1. The van der Waals surface area contributed by atoms with Crippen LogP contribution in [0, 0.1) is 0 Å². The summed E-state index contributed by atoms with van der Waals surface area (Å²) in [5, 5.41) is 9.01. The minimum absolute atomic E-state index is 0.453. The van der Waals surface area contributed by atoms with Crippen molar-refractivity contribution in [3.8, 4) is 0 Å². The summed E-state index contributed by atoms with van der Waals surface area (Å²) in [6.07, 6.45) is 1.91. The zero-order chi connectivity index (χ0) is 10.1. The maximum Gasteiger partial charge on any atom is 0.336 e. The van der Waals surface area contributed by atoms with Crippen LogP contribution >= 0.6 is 0 Å². The van der Waals surface area contributed by atoms with Gasteiger partial charge in [-0.15, -0.1) is 0 Å². The highest BCUT2D eigenvalue weighted by Gasteiger charge is 2.19. The van der Waals surface area contributed by atoms with Crippen molar-refractivity contribution in [2.24, 2.45) is 0 Å². The van der Waals surface area contributed by atoms with Gasteiger partial charge in [0.05, 0.1) is 5.56 Å². The van der Waals surface area contributed by atoms with E-state index in [0.29, 0.717) is 5.56 Å². The average molecular weight is 191 g/mol. The lowest BCUT2D eigenvalue weighted by molar-refractivity contribution is 0.0695. The van der Waals surface area contributed by atoms with E-state index in [-0.39, 0.29) is 0 Å². The van der Waals surface area contributed by atoms with Gasteiger partial charge >= 0.3 is 5.97 Å². The normalized spacial score (nSPS) is 15.1. The molecule has 0 fully saturated rings. The topological polar surface area (TPSA) is 40.5 Å². The second-order valence-electron chi connectivity index (χ2n) is 3.63. The Balaban J connectivity index is 2.55. The van der Waals surface area contributed by atoms with Gasteiger partial charge in [0.15, 0.2) is 0 Å². The molecule has 0 saturated carbocycles. The van der Waals surface area contributed by atoms with E-state index in [1.165, 1.54) is 0 Å². The first-order valence-electron chi connectivity index (χ1n) is 4.76. The summed E-state index contributed by atoms with van der Waals surface area (Å²) < 4.78 is 0. The summed E-state index contributed by atoms with van der Waals surface area (Å²) in [6.45, 7) is 1.01. The lowest BCUT2D eigenvalue weighted by Crippen LogP contribution is -2.26. The molecule has 0 aromatic heterocycles. The van der Waals surface area contributed by atoms with Gasteiger partial charge in [0.2, 0.25) is 0 Å². The van der Waals surface area contributed by atoms with Crippen molar-refractivity contribution in [1.82, 2.24) is 0 Å². The maximum absolute atomic E-state index is 11.0. The molecule has 1 heterocycles. The van der Waals surface area contributed by atoms with Gasteiger partial charge in [-0.05, 0) is 30.5 Å². The van der Waals surface area contributed by atoms with E-state index in [1.807, 2.05) is 19.2 Å². The molecule has 1 aromatic rings. The van der Waals surface area contributed by atoms with Crippen molar-refractivity contribution >= 4 is 11.7 Å². The predicted octanol–water partition coefficient (Wildman–Crippen LogP) is 1.77. The molecular weight excluding hydrogens is 178 g/mol. The molecular formula is C11H13NO2. The molecule has 14 heavy (non-hydrogen) atoms. The maximum atomic E-state index is 11.0. The van der Waals surface area contributed by atoms with Gasteiger partial charge in [-0.25, -0.2) is 4.79 Å². The van der Waals surface area contributed by atoms with Crippen LogP contribution in [-0.4, -0.2) is 24.7 Å². The molecule has 0 bridgehead atoms. The van der Waals surface area contributed by atoms with Crippen LogP contribution in [0.3, 0.4) is 0 Å². The summed E-state index contributed by atoms with van der Waals surface area (Å²) in [7, 11) is 2.00. The number of nitrogens with zero attached hydrogens (tertiary/aromatic N) is 1. The Labute approximate surface area is 83.0 Å². The SMILES string of the molecule is CN1CCCc2c(C(=O)O)cccc21. The third-order valence-corrected chi connectivity index (χ3v) is 2.71. The Bertz CT molecular complexity index is 374. The third kappa shape index (κ3) is 1.35. The summed E-state index contributed by atoms with van der Waals surface area (Å²) in [5.74, 6) is -0.822. The smallest absolute Gasteiger partial charge is 0.336 e. The minimum Gasteiger partial charge on any atom is -0.478 e. The van der Waals surface area contributed by atoms with Crippen LogP contribution in [0.1, 0.15) is 22.3 Å². The molecule has 0 radical (unpaired) electrons. The number of hydrogen-bond donors (Lipinski definition) is 1. The Kier molecular flexibility index (Phi) is 2.15. The van der Waals surface area contributed by atoms with Gasteiger partial charge in [0.1, 0.15) is 0 Å². The molecule has 0 spiro atoms. The quantitative estimate of drug-likeness (QED) is 0.735. The van der Waals surface area contributed by atoms with E-state index in [4.69, 9.17) is 5.11 Å². The number of benzene rings is 1. The second kappa shape index (κ2) is 3.33. The van der Waals surface area contributed by atoms with E-state index in [2.05, 4.69) is 4.90 Å². The number of rotatable bonds is 1. The van der Waals surface area contributed by atoms with Gasteiger partial charge in [-0.3, -0.25) is 0 Å². The zero-order valence-electron chi connectivity index (χ0n) is 8.16. The van der Waals surface area contributed by atoms with Crippen LogP contribution in [0.5, 0.6) is 0 Å². The van der Waals surface area contributed by atoms with Gasteiger partial charge in [-0.1, -0.05) is 6.07 Å². The summed E-state index contributed by atoms with van der Waals surface area (Å²) in [6, 6.07) is 5.48. The number of hydrogen-bond acceptors (Lipinski definition) is 2. The first-order valence-corrected chi connectivity index (χ1v) is 4.76. The number of carbonyl (C=O) groups is 1. The largest absolute Gasteiger partial charge is 0.478 e. The highest BCUT2D eigenvalue weighted by molar-refractivity contribution is 5.91. The fraction of sp³-hybridized carbons (Fsp3) is 0.364. The van der Waals surface area contributed by atoms with Crippen molar-refractivity contribution in [2.75, 3.05) is 18.5 Å². The Morgan fingerprint density at radius 1 is 1.50 bits per heavy atom. The van der Waals surface area contributed by atoms with Gasteiger partial charge < -0.3 is 10.0 Å². The molecule has 2 rings (SSSR count). The molecule has 1 aromatic carbocycles. The number of fused-ring (bicyclic) bond motifs is 1. The van der Waals surface area contributed by atoms with Gasteiger partial charge in [-0.2, -0.15) is 0 Å². The van der Waals surface area contributed by atoms with Crippen LogP contribution in [-0.2, 0) is 6.42 Å². The molecule has 0 saturated heterocycles. The van der Waals surface area contributed by atoms with Crippen molar-refractivity contribution in [2.45, 2.75) is 12.8 Å². The first kappa shape index (κ1) is 9.06. The molecule has 3 heteroatoms. The van der Waals surface area contributed by atoms with Crippen molar-refractivity contribution in [3.05, 3.63) is 29.3 Å². The van der Waals surface area contributed by atoms with Crippen LogP contribution in [0.4, 0.5) is 5.69 Å². The van der Waals surface area contributed by atoms with E-state index in [9.17, 15) is 4.79 Å². The monoisotopic (exact) mass is 191 g/mol. The number of anilines is 1. The van der Waals surface area contributed by atoms with Crippen LogP contribution in [0.2, 0.25) is 0 Å². The number of carboxylic acid groups (broad SMARTS) is 1. The fourth-order valence-electron chi connectivity index (χ4n) is 2.01. The molecule has 1 N–H and O–H groups in total. The van der Waals surface area contributed by atoms with E-state index >= 15 is 0 Å². The molecule has 3 nitrogen and oxygen atoms in total. The second-order valence-corrected chi connectivity index (χ2v) is 3.63. The van der Waals surface area contributed by atoms with Crippen LogP contribution in [0.25, 0.3) is 0 Å². The molecule has 0 unspecified atom stereocenters. The van der Waals surface area contributed by atoms with Crippen LogP contribution in [0.15, 0.2) is 18.2 Å². The molecule has 74 valence electrons. The average Bonchev–Trinajstić information content (AvgIpc) is 2.17. The van der Waals surface area contributed by atoms with E-state index in [1.54, 1.807) is 6.07 Å². The van der Waals surface area contributed by atoms with Crippen molar-refractivity contribution in [1.29, 1.82) is 0 Å². The van der Waals surface area contributed by atoms with Crippen LogP contribution < -0.4 is 4.90 Å². The van der Waals surface area contributed by atoms with Gasteiger partial charge in [0.25, 0.3) is 0 Å². The minimum atomic E-state index is -0.822. The number of aromatic carboxylic acids is 1. The third-order valence-electron chi connectivity index (χ3n) is 2.71. The predicted molar refractivity (Wildman–Crippen MR) is 55.0 cm³/mol. The molecule has 1 aliphatic rings. The molecule has 0 atom stereocenters. The zero-order valence-corrected chi connectivity index (χ0v) is 8.16. The first-order chi connectivity index (χ1) is 6.70. The summed E-state index contributed by atoms with van der Waals surface area (Å²) in [5.41, 5.74) is 2.50. The Morgan fingerprint density at radius 2 is 2.29 bits per heavy atom. The lowest BCUT2D eigenvalue weighted by Gasteiger charge is -2.28. The van der Waals surface area contributed by atoms with Gasteiger partial charge in [0, 0.05) is 19.3 Å². The van der Waals surface area contributed by atoms with E-state index in [0.717, 1.165) is 30.6 Å². The lowest BCUT2D eigenvalue weighted by atomic mass is 9.97. The van der Waals surface area contributed by atoms with E-state index < -0.39 is 5.97 Å². The fourth-order valence-corrected chi connectivity index (χ4v) is 2.01. The number of carboxylic acids is 1. The van der Waals surface area contributed by atoms with Crippen molar-refractivity contribution < 1.29 is 9.90 Å². The van der Waals surface area contributed by atoms with Crippen molar-refractivity contribution in [3.63, 3.8) is 0 Å². The Morgan fingerprint density at radius 3 is 3.00 bits per heavy atom. The molecule has 0 amide bonds. The highest BCUT2D eigenvalue weighted by Crippen LogP contribution is 2.28. The Hall–Kier alpha value is -1.51. The highest BCUT2D eigenvalue weighted by atomic mass is 16.4. The standard InChI is InChI=1S/C11H13NO2/c1-12-7-3-5-8-9(11(13)14)4-2-6-10(8)12/h2,4,6H,3,5,7H2,1H3,(H,13,14). The molecule has 1 aliphatic heterocycles.